The lowest BCUT2D eigenvalue weighted by atomic mass is 9.81. The maximum absolute atomic E-state index is 12.9. The summed E-state index contributed by atoms with van der Waals surface area (Å²) in [6.07, 6.45) is -0.0320. The molecule has 2 aromatic rings. The number of esters is 1. The number of nitro benzene ring substituents is 1. The van der Waals surface area contributed by atoms with Gasteiger partial charge in [-0.1, -0.05) is 50.2 Å². The van der Waals surface area contributed by atoms with Crippen LogP contribution in [0.3, 0.4) is 0 Å². The van der Waals surface area contributed by atoms with E-state index in [0.717, 1.165) is 0 Å². The molecule has 0 aromatic heterocycles. The quantitative estimate of drug-likeness (QED) is 0.381. The number of carbonyl (C=O) groups is 2. The molecule has 0 saturated heterocycles. The van der Waals surface area contributed by atoms with Crippen molar-refractivity contribution >= 4 is 17.6 Å². The molecule has 0 saturated carbocycles. The zero-order valence-electron chi connectivity index (χ0n) is 16.7. The molecule has 0 fully saturated rings. The maximum Gasteiger partial charge on any atom is 0.328 e. The second-order valence-electron chi connectivity index (χ2n) is 6.85. The third-order valence-electron chi connectivity index (χ3n) is 4.72. The number of benzene rings is 2. The minimum absolute atomic E-state index is 0.0320. The molecule has 8 nitrogen and oxygen atoms in total. The number of hydrogen-bond acceptors (Lipinski definition) is 6. The Morgan fingerprint density at radius 3 is 2.31 bits per heavy atom. The Bertz CT molecular complexity index is 870. The first-order chi connectivity index (χ1) is 13.8. The maximum atomic E-state index is 12.9. The molecule has 0 aliphatic heterocycles. The summed E-state index contributed by atoms with van der Waals surface area (Å²) >= 11 is 0. The lowest BCUT2D eigenvalue weighted by Crippen LogP contribution is -2.63. The van der Waals surface area contributed by atoms with Crippen LogP contribution in [-0.4, -0.2) is 28.9 Å². The van der Waals surface area contributed by atoms with Crippen LogP contribution in [0.2, 0.25) is 0 Å². The van der Waals surface area contributed by atoms with E-state index in [1.54, 1.807) is 69.3 Å². The number of hydrazine groups is 1. The number of ether oxygens (including phenoxy) is 1. The van der Waals surface area contributed by atoms with Gasteiger partial charge in [0.25, 0.3) is 11.6 Å². The third kappa shape index (κ3) is 5.17. The van der Waals surface area contributed by atoms with Gasteiger partial charge in [0.05, 0.1) is 11.5 Å². The minimum Gasteiger partial charge on any atom is -0.465 e. The second-order valence-corrected chi connectivity index (χ2v) is 6.85. The fourth-order valence-corrected chi connectivity index (χ4v) is 2.98. The third-order valence-corrected chi connectivity index (χ3v) is 4.72. The predicted molar refractivity (Wildman–Crippen MR) is 108 cm³/mol. The summed E-state index contributed by atoms with van der Waals surface area (Å²) in [4.78, 5) is 36.4. The van der Waals surface area contributed by atoms with Crippen molar-refractivity contribution < 1.29 is 19.2 Å². The van der Waals surface area contributed by atoms with Crippen LogP contribution in [-0.2, 0) is 16.0 Å². The van der Waals surface area contributed by atoms with Crippen molar-refractivity contribution in [2.45, 2.75) is 32.7 Å². The van der Waals surface area contributed by atoms with Gasteiger partial charge in [0.1, 0.15) is 5.54 Å². The van der Waals surface area contributed by atoms with Gasteiger partial charge in [-0.05, 0) is 25.0 Å². The first-order valence-corrected chi connectivity index (χ1v) is 9.34. The SMILES string of the molecule is CCOC(=O)C(Cc1ccccc1[N+](=O)[O-])(NNC(=O)c1ccccc1)C(C)C. The van der Waals surface area contributed by atoms with Crippen molar-refractivity contribution in [2.75, 3.05) is 6.61 Å². The van der Waals surface area contributed by atoms with Crippen LogP contribution in [0.15, 0.2) is 54.6 Å². The predicted octanol–water partition coefficient (Wildman–Crippen LogP) is 3.03. The molecule has 154 valence electrons. The highest BCUT2D eigenvalue weighted by Gasteiger charge is 2.45. The highest BCUT2D eigenvalue weighted by atomic mass is 16.6. The van der Waals surface area contributed by atoms with E-state index in [-0.39, 0.29) is 24.6 Å². The van der Waals surface area contributed by atoms with E-state index in [1.165, 1.54) is 6.07 Å². The summed E-state index contributed by atoms with van der Waals surface area (Å²) in [6, 6.07) is 14.7. The molecular weight excluding hydrogens is 374 g/mol. The number of nitro groups is 1. The first kappa shape index (κ1) is 22.0. The Morgan fingerprint density at radius 2 is 1.72 bits per heavy atom. The lowest BCUT2D eigenvalue weighted by Gasteiger charge is -2.36. The number of hydrogen-bond donors (Lipinski definition) is 2. The van der Waals surface area contributed by atoms with Gasteiger partial charge in [-0.2, -0.15) is 0 Å². The number of rotatable bonds is 9. The first-order valence-electron chi connectivity index (χ1n) is 9.34. The summed E-state index contributed by atoms with van der Waals surface area (Å²) in [7, 11) is 0. The fourth-order valence-electron chi connectivity index (χ4n) is 2.98. The van der Waals surface area contributed by atoms with Crippen LogP contribution in [0.25, 0.3) is 0 Å². The number of nitrogens with zero attached hydrogens (tertiary/aromatic N) is 1. The Kier molecular flexibility index (Phi) is 7.44. The van der Waals surface area contributed by atoms with Crippen molar-refractivity contribution in [3.63, 3.8) is 0 Å². The molecule has 0 aliphatic rings. The van der Waals surface area contributed by atoms with Crippen LogP contribution in [0, 0.1) is 16.0 Å². The molecule has 8 heteroatoms. The van der Waals surface area contributed by atoms with Gasteiger partial charge in [0.15, 0.2) is 0 Å². The molecular formula is C21H25N3O5. The smallest absolute Gasteiger partial charge is 0.328 e. The van der Waals surface area contributed by atoms with Gasteiger partial charge < -0.3 is 4.74 Å². The monoisotopic (exact) mass is 399 g/mol. The van der Waals surface area contributed by atoms with Crippen LogP contribution in [0.1, 0.15) is 36.7 Å². The van der Waals surface area contributed by atoms with Crippen LogP contribution in [0.5, 0.6) is 0 Å². The summed E-state index contributed by atoms with van der Waals surface area (Å²) in [5, 5.41) is 11.4. The van der Waals surface area contributed by atoms with E-state index in [4.69, 9.17) is 4.74 Å². The largest absolute Gasteiger partial charge is 0.465 e. The van der Waals surface area contributed by atoms with Crippen molar-refractivity contribution in [2.24, 2.45) is 5.92 Å². The number of amides is 1. The molecule has 2 rings (SSSR count). The standard InChI is InChI=1S/C21H25N3O5/c1-4-29-20(26)21(15(2)3,14-17-12-8-9-13-18(17)24(27)28)23-22-19(25)16-10-6-5-7-11-16/h5-13,15,23H,4,14H2,1-3H3,(H,22,25). The summed E-state index contributed by atoms with van der Waals surface area (Å²) in [5.74, 6) is -1.37. The average molecular weight is 399 g/mol. The molecule has 0 spiro atoms. The zero-order chi connectivity index (χ0) is 21.4. The van der Waals surface area contributed by atoms with Crippen LogP contribution < -0.4 is 10.9 Å². The van der Waals surface area contributed by atoms with Crippen LogP contribution in [0.4, 0.5) is 5.69 Å². The van der Waals surface area contributed by atoms with Crippen molar-refractivity contribution in [1.82, 2.24) is 10.9 Å². The van der Waals surface area contributed by atoms with Crippen molar-refractivity contribution in [3.8, 4) is 0 Å². The molecule has 0 bridgehead atoms. The van der Waals surface area contributed by atoms with Gasteiger partial charge in [-0.3, -0.25) is 20.3 Å². The Morgan fingerprint density at radius 1 is 1.10 bits per heavy atom. The minimum atomic E-state index is -1.40. The molecule has 1 atom stereocenters. The highest BCUT2D eigenvalue weighted by molar-refractivity contribution is 5.94. The molecule has 1 amide bonds. The Balaban J connectivity index is 2.39. The molecule has 2 aromatic carbocycles. The molecule has 1 unspecified atom stereocenters. The number of nitrogens with one attached hydrogen (secondary N) is 2. The number of carbonyl (C=O) groups excluding carboxylic acids is 2. The summed E-state index contributed by atoms with van der Waals surface area (Å²) < 4.78 is 5.26. The van der Waals surface area contributed by atoms with Gasteiger partial charge >= 0.3 is 5.97 Å². The van der Waals surface area contributed by atoms with Crippen molar-refractivity contribution in [3.05, 3.63) is 75.8 Å². The second kappa shape index (κ2) is 9.79. The van der Waals surface area contributed by atoms with Gasteiger partial charge in [0.2, 0.25) is 0 Å². The van der Waals surface area contributed by atoms with E-state index >= 15 is 0 Å². The zero-order valence-corrected chi connectivity index (χ0v) is 16.7. The molecule has 29 heavy (non-hydrogen) atoms. The van der Waals surface area contributed by atoms with E-state index < -0.39 is 22.3 Å². The lowest BCUT2D eigenvalue weighted by molar-refractivity contribution is -0.385. The van der Waals surface area contributed by atoms with Crippen molar-refractivity contribution in [1.29, 1.82) is 0 Å². The van der Waals surface area contributed by atoms with Gasteiger partial charge in [-0.25, -0.2) is 10.2 Å². The molecule has 0 aliphatic carbocycles. The highest BCUT2D eigenvalue weighted by Crippen LogP contribution is 2.29. The molecule has 2 N–H and O–H groups in total. The normalized spacial score (nSPS) is 12.8. The Labute approximate surface area is 169 Å². The molecule has 0 heterocycles. The van der Waals surface area contributed by atoms with E-state index in [2.05, 4.69) is 10.9 Å². The van der Waals surface area contributed by atoms with Gasteiger partial charge in [-0.15, -0.1) is 0 Å². The average Bonchev–Trinajstić information content (AvgIpc) is 2.71. The van der Waals surface area contributed by atoms with Gasteiger partial charge in [0, 0.05) is 23.6 Å². The van der Waals surface area contributed by atoms with E-state index in [0.29, 0.717) is 11.1 Å². The molecule has 0 radical (unpaired) electrons. The Hall–Kier alpha value is -3.26. The number of para-hydroxylation sites is 1. The van der Waals surface area contributed by atoms with E-state index in [1.807, 2.05) is 0 Å². The summed E-state index contributed by atoms with van der Waals surface area (Å²) in [6.45, 7) is 5.38. The van der Waals surface area contributed by atoms with Crippen LogP contribution >= 0.6 is 0 Å². The summed E-state index contributed by atoms with van der Waals surface area (Å²) in [5.41, 5.74) is 4.68. The van der Waals surface area contributed by atoms with E-state index in [9.17, 15) is 19.7 Å². The topological polar surface area (TPSA) is 111 Å². The fraction of sp³-hybridized carbons (Fsp3) is 0.333.